The quantitative estimate of drug-likeness (QED) is 0.631. The fraction of sp³-hybridized carbons (Fsp3) is 0.143. The van der Waals surface area contributed by atoms with E-state index in [1.807, 2.05) is 0 Å². The summed E-state index contributed by atoms with van der Waals surface area (Å²) in [5.74, 6) is 0.0823. The van der Waals surface area contributed by atoms with E-state index in [4.69, 9.17) is 0 Å². The molecule has 0 saturated heterocycles. The van der Waals surface area contributed by atoms with E-state index in [0.717, 1.165) is 5.01 Å². The van der Waals surface area contributed by atoms with Gasteiger partial charge in [0.2, 0.25) is 5.95 Å². The maximum Gasteiger partial charge on any atom is 0.256 e. The molecule has 0 fully saturated rings. The van der Waals surface area contributed by atoms with Crippen LogP contribution >= 0.6 is 0 Å². The number of nitrogens with one attached hydrogen (secondary N) is 1. The minimum absolute atomic E-state index is 0.0458. The van der Waals surface area contributed by atoms with E-state index >= 15 is 0 Å². The van der Waals surface area contributed by atoms with Gasteiger partial charge in [0.1, 0.15) is 5.71 Å². The minimum Gasteiger partial charge on any atom is -0.329 e. The Balaban J connectivity index is 2.30. The second kappa shape index (κ2) is 2.81. The first-order valence-corrected chi connectivity index (χ1v) is 3.66. The Bertz CT molecular complexity index is 368. The number of carbonyl (C=O) groups is 2. The van der Waals surface area contributed by atoms with Crippen LogP contribution in [0.25, 0.3) is 0 Å². The Labute approximate surface area is 73.3 Å². The summed E-state index contributed by atoms with van der Waals surface area (Å²) in [7, 11) is 0. The van der Waals surface area contributed by atoms with E-state index in [-0.39, 0.29) is 18.0 Å². The Morgan fingerprint density at radius 2 is 2.46 bits per heavy atom. The molecule has 0 radical (unpaired) electrons. The number of hydrogen-bond donors (Lipinski definition) is 1. The lowest BCUT2D eigenvalue weighted by atomic mass is 10.3. The van der Waals surface area contributed by atoms with Crippen LogP contribution in [0.5, 0.6) is 0 Å². The second-order valence-corrected chi connectivity index (χ2v) is 2.50. The van der Waals surface area contributed by atoms with E-state index in [1.54, 1.807) is 6.20 Å². The van der Waals surface area contributed by atoms with Crippen molar-refractivity contribution in [2.75, 3.05) is 5.01 Å². The molecule has 2 heterocycles. The number of anilines is 1. The monoisotopic (exact) mass is 178 g/mol. The molecule has 1 aliphatic rings. The molecule has 1 amide bonds. The standard InChI is InChI=1S/C7H6N4O2/c12-4-5-3-6(13)11(10-5)7-8-1-2-9-7/h1-2,4H,3H2,(H,8,9). The van der Waals surface area contributed by atoms with Gasteiger partial charge in [-0.1, -0.05) is 0 Å². The molecule has 66 valence electrons. The van der Waals surface area contributed by atoms with E-state index in [1.165, 1.54) is 6.20 Å². The van der Waals surface area contributed by atoms with E-state index in [9.17, 15) is 9.59 Å². The maximum atomic E-state index is 11.2. The number of amides is 1. The lowest BCUT2D eigenvalue weighted by molar-refractivity contribution is -0.117. The summed E-state index contributed by atoms with van der Waals surface area (Å²) in [5, 5.41) is 4.86. The van der Waals surface area contributed by atoms with Crippen molar-refractivity contribution in [3.63, 3.8) is 0 Å². The number of aldehydes is 1. The van der Waals surface area contributed by atoms with Crippen molar-refractivity contribution in [1.29, 1.82) is 0 Å². The molecule has 1 aromatic rings. The summed E-state index contributed by atoms with van der Waals surface area (Å²) in [6.07, 6.45) is 3.71. The molecule has 0 aromatic carbocycles. The highest BCUT2D eigenvalue weighted by molar-refractivity contribution is 6.36. The molecule has 0 bridgehead atoms. The van der Waals surface area contributed by atoms with Crippen molar-refractivity contribution in [1.82, 2.24) is 9.97 Å². The first-order valence-electron chi connectivity index (χ1n) is 3.66. The number of hydrogen-bond acceptors (Lipinski definition) is 4. The van der Waals surface area contributed by atoms with Crippen LogP contribution in [0.4, 0.5) is 5.95 Å². The van der Waals surface area contributed by atoms with Crippen molar-refractivity contribution < 1.29 is 9.59 Å². The molecule has 0 atom stereocenters. The normalized spacial score (nSPS) is 16.2. The highest BCUT2D eigenvalue weighted by atomic mass is 16.2. The predicted octanol–water partition coefficient (Wildman–Crippen LogP) is -0.299. The number of nitrogens with zero attached hydrogens (tertiary/aromatic N) is 3. The number of carbonyl (C=O) groups excluding carboxylic acids is 2. The molecule has 0 spiro atoms. The zero-order valence-electron chi connectivity index (χ0n) is 6.60. The summed E-state index contributed by atoms with van der Waals surface area (Å²) in [6, 6.07) is 0. The Morgan fingerprint density at radius 1 is 1.62 bits per heavy atom. The molecule has 0 unspecified atom stereocenters. The van der Waals surface area contributed by atoms with Crippen LogP contribution in [-0.4, -0.2) is 27.9 Å². The molecule has 0 saturated carbocycles. The van der Waals surface area contributed by atoms with Gasteiger partial charge in [0.25, 0.3) is 5.91 Å². The lowest BCUT2D eigenvalue weighted by Gasteiger charge is -2.05. The Hall–Kier alpha value is -1.98. The SMILES string of the molecule is O=CC1=NN(c2ncc[nH]2)C(=O)C1. The predicted molar refractivity (Wildman–Crippen MR) is 44.2 cm³/mol. The Morgan fingerprint density at radius 3 is 3.00 bits per heavy atom. The third-order valence-electron chi connectivity index (χ3n) is 1.62. The van der Waals surface area contributed by atoms with E-state index < -0.39 is 0 Å². The fourth-order valence-electron chi connectivity index (χ4n) is 1.05. The number of H-pyrrole nitrogens is 1. The fourth-order valence-corrected chi connectivity index (χ4v) is 1.05. The highest BCUT2D eigenvalue weighted by Crippen LogP contribution is 2.14. The molecule has 0 aliphatic carbocycles. The average Bonchev–Trinajstić information content (AvgIpc) is 2.72. The van der Waals surface area contributed by atoms with Gasteiger partial charge in [-0.25, -0.2) is 4.98 Å². The number of aromatic amines is 1. The zero-order chi connectivity index (χ0) is 9.26. The van der Waals surface area contributed by atoms with Gasteiger partial charge >= 0.3 is 0 Å². The third-order valence-corrected chi connectivity index (χ3v) is 1.62. The second-order valence-electron chi connectivity index (χ2n) is 2.50. The molecule has 1 N–H and O–H groups in total. The highest BCUT2D eigenvalue weighted by Gasteiger charge is 2.26. The van der Waals surface area contributed by atoms with Crippen LogP contribution in [0.2, 0.25) is 0 Å². The summed E-state index contributed by atoms with van der Waals surface area (Å²) >= 11 is 0. The van der Waals surface area contributed by atoms with Crippen LogP contribution in [-0.2, 0) is 9.59 Å². The topological polar surface area (TPSA) is 78.4 Å². The van der Waals surface area contributed by atoms with E-state index in [0.29, 0.717) is 12.2 Å². The molecular formula is C7H6N4O2. The van der Waals surface area contributed by atoms with Crippen LogP contribution in [0, 0.1) is 0 Å². The van der Waals surface area contributed by atoms with Crippen molar-refractivity contribution in [2.45, 2.75) is 6.42 Å². The molecule has 6 nitrogen and oxygen atoms in total. The van der Waals surface area contributed by atoms with Gasteiger partial charge in [-0.2, -0.15) is 10.1 Å². The van der Waals surface area contributed by atoms with Crippen molar-refractivity contribution in [3.05, 3.63) is 12.4 Å². The van der Waals surface area contributed by atoms with Gasteiger partial charge in [0, 0.05) is 12.4 Å². The molecular weight excluding hydrogens is 172 g/mol. The summed E-state index contributed by atoms with van der Waals surface area (Å²) in [6.45, 7) is 0. The summed E-state index contributed by atoms with van der Waals surface area (Å²) in [5.41, 5.74) is 0.224. The van der Waals surface area contributed by atoms with Gasteiger partial charge in [0.15, 0.2) is 6.29 Å². The van der Waals surface area contributed by atoms with Gasteiger partial charge < -0.3 is 4.98 Å². The zero-order valence-corrected chi connectivity index (χ0v) is 6.60. The van der Waals surface area contributed by atoms with Crippen molar-refractivity contribution >= 4 is 23.9 Å². The van der Waals surface area contributed by atoms with Crippen LogP contribution in [0.3, 0.4) is 0 Å². The average molecular weight is 178 g/mol. The van der Waals surface area contributed by atoms with Crippen LogP contribution in [0.15, 0.2) is 17.5 Å². The molecule has 1 aromatic heterocycles. The molecule has 13 heavy (non-hydrogen) atoms. The van der Waals surface area contributed by atoms with Crippen LogP contribution < -0.4 is 5.01 Å². The third kappa shape index (κ3) is 1.22. The maximum absolute atomic E-state index is 11.2. The number of aromatic nitrogens is 2. The first kappa shape index (κ1) is 7.66. The Kier molecular flexibility index (Phi) is 1.66. The molecule has 6 heteroatoms. The summed E-state index contributed by atoms with van der Waals surface area (Å²) < 4.78 is 0. The molecule has 1 aliphatic heterocycles. The molecule has 2 rings (SSSR count). The van der Waals surface area contributed by atoms with Crippen LogP contribution in [0.1, 0.15) is 6.42 Å². The lowest BCUT2D eigenvalue weighted by Crippen LogP contribution is -2.20. The van der Waals surface area contributed by atoms with Gasteiger partial charge in [-0.3, -0.25) is 9.59 Å². The van der Waals surface area contributed by atoms with Crippen molar-refractivity contribution in [2.24, 2.45) is 5.10 Å². The number of rotatable bonds is 2. The largest absolute Gasteiger partial charge is 0.329 e. The van der Waals surface area contributed by atoms with Gasteiger partial charge in [0.05, 0.1) is 6.42 Å². The first-order chi connectivity index (χ1) is 6.31. The van der Waals surface area contributed by atoms with Gasteiger partial charge in [-0.05, 0) is 0 Å². The van der Waals surface area contributed by atoms with Gasteiger partial charge in [-0.15, -0.1) is 0 Å². The van der Waals surface area contributed by atoms with Crippen molar-refractivity contribution in [3.8, 4) is 0 Å². The smallest absolute Gasteiger partial charge is 0.256 e. The number of hydrazone groups is 1. The van der Waals surface area contributed by atoms with E-state index in [2.05, 4.69) is 15.1 Å². The number of imidazole rings is 1. The minimum atomic E-state index is -0.253. The summed E-state index contributed by atoms with van der Waals surface area (Å²) in [4.78, 5) is 28.1.